The van der Waals surface area contributed by atoms with E-state index in [-0.39, 0.29) is 0 Å². The largest absolute Gasteiger partial charge is 0.497 e. The van der Waals surface area contributed by atoms with E-state index in [1.54, 1.807) is 7.11 Å². The minimum Gasteiger partial charge on any atom is -0.497 e. The van der Waals surface area contributed by atoms with Crippen molar-refractivity contribution < 1.29 is 9.47 Å². The summed E-state index contributed by atoms with van der Waals surface area (Å²) in [6.45, 7) is 3.94. The van der Waals surface area contributed by atoms with Crippen LogP contribution in [0.3, 0.4) is 0 Å². The maximum absolute atomic E-state index is 5.86. The van der Waals surface area contributed by atoms with Gasteiger partial charge in [0.2, 0.25) is 0 Å². The van der Waals surface area contributed by atoms with E-state index < -0.39 is 0 Å². The lowest BCUT2D eigenvalue weighted by Gasteiger charge is -2.15. The topological polar surface area (TPSA) is 21.7 Å². The van der Waals surface area contributed by atoms with Crippen LogP contribution in [0.4, 0.5) is 0 Å². The summed E-state index contributed by atoms with van der Waals surface area (Å²) in [5, 5.41) is 0. The standard InChI is InChI=1S/C14H20ClNO2/c1-17-13-2-4-14(5-3-13)18-9-8-16-7-6-12(10-15)11-16/h2-5,12H,6-11H2,1H3. The number of likely N-dealkylation sites (tertiary alicyclic amines) is 1. The zero-order chi connectivity index (χ0) is 12.8. The number of hydrogen-bond donors (Lipinski definition) is 0. The van der Waals surface area contributed by atoms with Gasteiger partial charge in [0, 0.05) is 19.0 Å². The van der Waals surface area contributed by atoms with E-state index in [1.165, 1.54) is 6.42 Å². The van der Waals surface area contributed by atoms with Crippen LogP contribution in [0.25, 0.3) is 0 Å². The summed E-state index contributed by atoms with van der Waals surface area (Å²) < 4.78 is 10.8. The monoisotopic (exact) mass is 269 g/mol. The second-order valence-electron chi connectivity index (χ2n) is 4.63. The molecule has 1 saturated heterocycles. The van der Waals surface area contributed by atoms with Crippen molar-refractivity contribution in [2.75, 3.05) is 39.2 Å². The van der Waals surface area contributed by atoms with Gasteiger partial charge in [0.25, 0.3) is 0 Å². The fraction of sp³-hybridized carbons (Fsp3) is 0.571. The second-order valence-corrected chi connectivity index (χ2v) is 4.94. The van der Waals surface area contributed by atoms with Gasteiger partial charge < -0.3 is 9.47 Å². The minimum absolute atomic E-state index is 0.660. The Kier molecular flexibility index (Phi) is 5.14. The third kappa shape index (κ3) is 3.79. The first-order valence-electron chi connectivity index (χ1n) is 6.37. The van der Waals surface area contributed by atoms with E-state index in [2.05, 4.69) is 4.90 Å². The lowest BCUT2D eigenvalue weighted by molar-refractivity contribution is 0.234. The van der Waals surface area contributed by atoms with Crippen molar-refractivity contribution in [1.82, 2.24) is 4.90 Å². The Morgan fingerprint density at radius 1 is 1.28 bits per heavy atom. The van der Waals surface area contributed by atoms with Crippen molar-refractivity contribution in [3.63, 3.8) is 0 Å². The Hall–Kier alpha value is -0.930. The van der Waals surface area contributed by atoms with Crippen LogP contribution in [0.15, 0.2) is 24.3 Å². The normalized spacial score (nSPS) is 20.0. The van der Waals surface area contributed by atoms with Gasteiger partial charge in [-0.2, -0.15) is 0 Å². The Balaban J connectivity index is 1.68. The highest BCUT2D eigenvalue weighted by Gasteiger charge is 2.20. The summed E-state index contributed by atoms with van der Waals surface area (Å²) in [7, 11) is 1.66. The molecular formula is C14H20ClNO2. The predicted molar refractivity (Wildman–Crippen MR) is 73.8 cm³/mol. The number of ether oxygens (including phenoxy) is 2. The highest BCUT2D eigenvalue weighted by Crippen LogP contribution is 2.18. The molecule has 1 aliphatic heterocycles. The third-order valence-corrected chi connectivity index (χ3v) is 3.76. The van der Waals surface area contributed by atoms with Gasteiger partial charge in [-0.15, -0.1) is 11.6 Å². The fourth-order valence-electron chi connectivity index (χ4n) is 2.21. The molecule has 18 heavy (non-hydrogen) atoms. The average molecular weight is 270 g/mol. The SMILES string of the molecule is COc1ccc(OCCN2CCC(CCl)C2)cc1. The van der Waals surface area contributed by atoms with Crippen molar-refractivity contribution >= 4 is 11.6 Å². The first kappa shape index (κ1) is 13.5. The molecule has 4 heteroatoms. The first-order chi connectivity index (χ1) is 8.81. The number of methoxy groups -OCH3 is 1. The molecule has 1 aromatic rings. The Morgan fingerprint density at radius 2 is 2.00 bits per heavy atom. The third-order valence-electron chi connectivity index (χ3n) is 3.32. The fourth-order valence-corrected chi connectivity index (χ4v) is 2.46. The average Bonchev–Trinajstić information content (AvgIpc) is 2.87. The predicted octanol–water partition coefficient (Wildman–Crippen LogP) is 2.63. The number of hydrogen-bond acceptors (Lipinski definition) is 3. The van der Waals surface area contributed by atoms with Gasteiger partial charge in [0.15, 0.2) is 0 Å². The summed E-state index contributed by atoms with van der Waals surface area (Å²) in [5.74, 6) is 3.18. The molecule has 3 nitrogen and oxygen atoms in total. The highest BCUT2D eigenvalue weighted by atomic mass is 35.5. The van der Waals surface area contributed by atoms with Crippen LogP contribution in [0.5, 0.6) is 11.5 Å². The van der Waals surface area contributed by atoms with Crippen LogP contribution >= 0.6 is 11.6 Å². The van der Waals surface area contributed by atoms with Crippen molar-refractivity contribution in [3.8, 4) is 11.5 Å². The summed E-state index contributed by atoms with van der Waals surface area (Å²) in [5.41, 5.74) is 0. The van der Waals surface area contributed by atoms with Gasteiger partial charge in [-0.3, -0.25) is 4.90 Å². The molecule has 1 unspecified atom stereocenters. The molecule has 0 aromatic heterocycles. The van der Waals surface area contributed by atoms with E-state index in [4.69, 9.17) is 21.1 Å². The summed E-state index contributed by atoms with van der Waals surface area (Å²) >= 11 is 5.86. The zero-order valence-electron chi connectivity index (χ0n) is 10.8. The van der Waals surface area contributed by atoms with Gasteiger partial charge in [-0.25, -0.2) is 0 Å². The van der Waals surface area contributed by atoms with E-state index in [0.29, 0.717) is 5.92 Å². The van der Waals surface area contributed by atoms with Crippen molar-refractivity contribution in [3.05, 3.63) is 24.3 Å². The van der Waals surface area contributed by atoms with Crippen LogP contribution in [-0.2, 0) is 0 Å². The van der Waals surface area contributed by atoms with Crippen LogP contribution in [0.2, 0.25) is 0 Å². The molecule has 0 aliphatic carbocycles. The molecule has 0 radical (unpaired) electrons. The first-order valence-corrected chi connectivity index (χ1v) is 6.90. The van der Waals surface area contributed by atoms with E-state index in [9.17, 15) is 0 Å². The molecule has 100 valence electrons. The lowest BCUT2D eigenvalue weighted by atomic mass is 10.2. The van der Waals surface area contributed by atoms with Crippen molar-refractivity contribution in [2.45, 2.75) is 6.42 Å². The number of benzene rings is 1. The molecule has 0 amide bonds. The quantitative estimate of drug-likeness (QED) is 0.741. The maximum atomic E-state index is 5.86. The highest BCUT2D eigenvalue weighted by molar-refractivity contribution is 6.18. The zero-order valence-corrected chi connectivity index (χ0v) is 11.5. The van der Waals surface area contributed by atoms with Crippen LogP contribution in [-0.4, -0.2) is 44.1 Å². The molecule has 0 bridgehead atoms. The van der Waals surface area contributed by atoms with Gasteiger partial charge >= 0.3 is 0 Å². The molecule has 0 N–H and O–H groups in total. The lowest BCUT2D eigenvalue weighted by Crippen LogP contribution is -2.26. The molecule has 1 atom stereocenters. The van der Waals surface area contributed by atoms with E-state index >= 15 is 0 Å². The van der Waals surface area contributed by atoms with E-state index in [0.717, 1.165) is 43.6 Å². The van der Waals surface area contributed by atoms with Gasteiger partial charge in [0.05, 0.1) is 7.11 Å². The molecular weight excluding hydrogens is 250 g/mol. The number of alkyl halides is 1. The minimum atomic E-state index is 0.660. The molecule has 1 heterocycles. The van der Waals surface area contributed by atoms with Gasteiger partial charge in [-0.1, -0.05) is 0 Å². The molecule has 0 spiro atoms. The van der Waals surface area contributed by atoms with E-state index in [1.807, 2.05) is 24.3 Å². The van der Waals surface area contributed by atoms with Gasteiger partial charge in [-0.05, 0) is 43.1 Å². The molecule has 1 fully saturated rings. The van der Waals surface area contributed by atoms with Crippen molar-refractivity contribution in [1.29, 1.82) is 0 Å². The molecule has 1 aliphatic rings. The van der Waals surface area contributed by atoms with Crippen LogP contribution < -0.4 is 9.47 Å². The second kappa shape index (κ2) is 6.86. The number of rotatable bonds is 6. The maximum Gasteiger partial charge on any atom is 0.119 e. The smallest absolute Gasteiger partial charge is 0.119 e. The molecule has 0 saturated carbocycles. The van der Waals surface area contributed by atoms with Gasteiger partial charge in [0.1, 0.15) is 18.1 Å². The summed E-state index contributed by atoms with van der Waals surface area (Å²) in [6, 6.07) is 7.69. The van der Waals surface area contributed by atoms with Crippen molar-refractivity contribution in [2.24, 2.45) is 5.92 Å². The Labute approximate surface area is 114 Å². The molecule has 2 rings (SSSR count). The Morgan fingerprint density at radius 3 is 2.61 bits per heavy atom. The van der Waals surface area contributed by atoms with Crippen LogP contribution in [0, 0.1) is 5.92 Å². The van der Waals surface area contributed by atoms with Crippen LogP contribution in [0.1, 0.15) is 6.42 Å². The summed E-state index contributed by atoms with van der Waals surface area (Å²) in [4.78, 5) is 2.41. The number of nitrogens with zero attached hydrogens (tertiary/aromatic N) is 1. The summed E-state index contributed by atoms with van der Waals surface area (Å²) in [6.07, 6.45) is 1.21. The molecule has 1 aromatic carbocycles. The Bertz CT molecular complexity index is 355. The number of halogens is 1.